The van der Waals surface area contributed by atoms with Crippen LogP contribution in [-0.2, 0) is 0 Å². The van der Waals surface area contributed by atoms with E-state index >= 15 is 0 Å². The number of benzene rings is 1. The number of carbonyl (C=O) groups excluding carboxylic acids is 1. The van der Waals surface area contributed by atoms with Crippen LogP contribution in [0.1, 0.15) is 30.6 Å². The van der Waals surface area contributed by atoms with Crippen molar-refractivity contribution in [2.24, 2.45) is 0 Å². The van der Waals surface area contributed by atoms with Gasteiger partial charge in [0, 0.05) is 11.0 Å². The normalized spacial score (nSPS) is 13.8. The van der Waals surface area contributed by atoms with Gasteiger partial charge in [-0.2, -0.15) is 0 Å². The Morgan fingerprint density at radius 2 is 2.22 bits per heavy atom. The van der Waals surface area contributed by atoms with Crippen LogP contribution in [0.3, 0.4) is 0 Å². The maximum Gasteiger partial charge on any atom is 0.255 e. The molecule has 0 fully saturated rings. The number of hydrogen-bond donors (Lipinski definition) is 2. The van der Waals surface area contributed by atoms with Crippen molar-refractivity contribution in [2.45, 2.75) is 25.9 Å². The van der Waals surface area contributed by atoms with Crippen molar-refractivity contribution in [3.8, 4) is 5.75 Å². The Morgan fingerprint density at radius 1 is 1.56 bits per heavy atom. The first-order valence-electron chi connectivity index (χ1n) is 5.73. The zero-order valence-corrected chi connectivity index (χ0v) is 12.4. The Balaban J connectivity index is 2.79. The fraction of sp³-hybridized carbons (Fsp3) is 0.462. The maximum atomic E-state index is 12.0. The molecule has 0 aromatic heterocycles. The van der Waals surface area contributed by atoms with E-state index in [0.29, 0.717) is 17.7 Å². The van der Waals surface area contributed by atoms with Crippen molar-refractivity contribution in [2.75, 3.05) is 13.7 Å². The third-order valence-electron chi connectivity index (χ3n) is 2.80. The molecule has 18 heavy (non-hydrogen) atoms. The number of amides is 1. The summed E-state index contributed by atoms with van der Waals surface area (Å²) in [7, 11) is 1.51. The van der Waals surface area contributed by atoms with Gasteiger partial charge in [0.05, 0.1) is 18.3 Å². The quantitative estimate of drug-likeness (QED) is 0.877. The molecule has 0 aliphatic carbocycles. The Kier molecular flexibility index (Phi) is 5.16. The van der Waals surface area contributed by atoms with Crippen molar-refractivity contribution in [1.29, 1.82) is 0 Å². The molecule has 1 rings (SSSR count). The molecular weight excluding hydrogens is 298 g/mol. The van der Waals surface area contributed by atoms with Crippen molar-refractivity contribution in [3.05, 3.63) is 28.2 Å². The highest BCUT2D eigenvalue weighted by molar-refractivity contribution is 9.10. The van der Waals surface area contributed by atoms with E-state index in [9.17, 15) is 9.90 Å². The number of rotatable bonds is 5. The van der Waals surface area contributed by atoms with E-state index in [0.717, 1.165) is 4.47 Å². The zero-order chi connectivity index (χ0) is 13.8. The van der Waals surface area contributed by atoms with Gasteiger partial charge in [0.15, 0.2) is 0 Å². The molecule has 1 aromatic rings. The summed E-state index contributed by atoms with van der Waals surface area (Å²) < 4.78 is 6.00. The van der Waals surface area contributed by atoms with Crippen LogP contribution in [-0.4, -0.2) is 30.3 Å². The first kappa shape index (κ1) is 15.0. The van der Waals surface area contributed by atoms with Crippen LogP contribution in [0.15, 0.2) is 22.7 Å². The third-order valence-corrected chi connectivity index (χ3v) is 3.29. The average Bonchev–Trinajstić information content (AvgIpc) is 2.36. The molecule has 0 radical (unpaired) electrons. The van der Waals surface area contributed by atoms with Crippen molar-refractivity contribution in [3.63, 3.8) is 0 Å². The molecule has 1 atom stereocenters. The fourth-order valence-electron chi connectivity index (χ4n) is 1.34. The van der Waals surface area contributed by atoms with E-state index in [-0.39, 0.29) is 12.5 Å². The Bertz CT molecular complexity index is 432. The van der Waals surface area contributed by atoms with Gasteiger partial charge < -0.3 is 15.2 Å². The van der Waals surface area contributed by atoms with Gasteiger partial charge >= 0.3 is 0 Å². The minimum atomic E-state index is -0.891. The van der Waals surface area contributed by atoms with Crippen LogP contribution >= 0.6 is 15.9 Å². The standard InChI is InChI=1S/C13H18BrNO3/c1-4-13(2,17)8-15-12(16)10-6-5-9(14)7-11(10)18-3/h5-7,17H,4,8H2,1-3H3,(H,15,16). The number of nitrogens with one attached hydrogen (secondary N) is 1. The minimum Gasteiger partial charge on any atom is -0.496 e. The highest BCUT2D eigenvalue weighted by Crippen LogP contribution is 2.23. The maximum absolute atomic E-state index is 12.0. The lowest BCUT2D eigenvalue weighted by Crippen LogP contribution is -2.40. The number of ether oxygens (including phenoxy) is 1. The van der Waals surface area contributed by atoms with Gasteiger partial charge in [-0.1, -0.05) is 22.9 Å². The highest BCUT2D eigenvalue weighted by Gasteiger charge is 2.20. The first-order chi connectivity index (χ1) is 8.39. The number of carbonyl (C=O) groups is 1. The van der Waals surface area contributed by atoms with E-state index in [1.54, 1.807) is 25.1 Å². The third kappa shape index (κ3) is 3.99. The molecule has 0 saturated heterocycles. The Labute approximate surface area is 115 Å². The van der Waals surface area contributed by atoms with E-state index in [4.69, 9.17) is 4.74 Å². The molecule has 0 bridgehead atoms. The van der Waals surface area contributed by atoms with Crippen LogP contribution < -0.4 is 10.1 Å². The Hall–Kier alpha value is -1.07. The van der Waals surface area contributed by atoms with Gasteiger partial charge in [0.25, 0.3) is 5.91 Å². The molecule has 2 N–H and O–H groups in total. The van der Waals surface area contributed by atoms with E-state index < -0.39 is 5.60 Å². The monoisotopic (exact) mass is 315 g/mol. The number of methoxy groups -OCH3 is 1. The topological polar surface area (TPSA) is 58.6 Å². The second kappa shape index (κ2) is 6.20. The summed E-state index contributed by atoms with van der Waals surface area (Å²) in [5, 5.41) is 12.5. The summed E-state index contributed by atoms with van der Waals surface area (Å²) in [6.07, 6.45) is 0.574. The second-order valence-corrected chi connectivity index (χ2v) is 5.29. The molecule has 0 aliphatic heterocycles. The lowest BCUT2D eigenvalue weighted by atomic mass is 10.0. The van der Waals surface area contributed by atoms with Gasteiger partial charge in [0.2, 0.25) is 0 Å². The van der Waals surface area contributed by atoms with Crippen molar-refractivity contribution < 1.29 is 14.6 Å². The smallest absolute Gasteiger partial charge is 0.255 e. The van der Waals surface area contributed by atoms with E-state index in [2.05, 4.69) is 21.2 Å². The lowest BCUT2D eigenvalue weighted by Gasteiger charge is -2.21. The first-order valence-corrected chi connectivity index (χ1v) is 6.53. The summed E-state index contributed by atoms with van der Waals surface area (Å²) in [4.78, 5) is 12.0. The Morgan fingerprint density at radius 3 is 2.78 bits per heavy atom. The molecule has 1 amide bonds. The molecule has 1 aromatic carbocycles. The van der Waals surface area contributed by atoms with Gasteiger partial charge in [-0.15, -0.1) is 0 Å². The fourth-order valence-corrected chi connectivity index (χ4v) is 1.68. The molecule has 5 heteroatoms. The van der Waals surface area contributed by atoms with Gasteiger partial charge in [-0.25, -0.2) is 0 Å². The molecule has 0 saturated carbocycles. The molecule has 0 aliphatic rings. The summed E-state index contributed by atoms with van der Waals surface area (Å²) in [6.45, 7) is 3.76. The predicted octanol–water partition coefficient (Wildman–Crippen LogP) is 2.35. The number of halogens is 1. The summed E-state index contributed by atoms with van der Waals surface area (Å²) in [5.41, 5.74) is -0.439. The molecule has 100 valence electrons. The van der Waals surface area contributed by atoms with Crippen LogP contribution in [0.25, 0.3) is 0 Å². The summed E-state index contributed by atoms with van der Waals surface area (Å²) in [5.74, 6) is 0.242. The van der Waals surface area contributed by atoms with Crippen LogP contribution in [0.5, 0.6) is 5.75 Å². The van der Waals surface area contributed by atoms with Crippen LogP contribution in [0.4, 0.5) is 0 Å². The highest BCUT2D eigenvalue weighted by atomic mass is 79.9. The van der Waals surface area contributed by atoms with Crippen LogP contribution in [0.2, 0.25) is 0 Å². The van der Waals surface area contributed by atoms with Gasteiger partial charge in [-0.05, 0) is 31.5 Å². The largest absolute Gasteiger partial charge is 0.496 e. The SMILES string of the molecule is CCC(C)(O)CNC(=O)c1ccc(Br)cc1OC. The molecular formula is C13H18BrNO3. The predicted molar refractivity (Wildman–Crippen MR) is 73.9 cm³/mol. The number of aliphatic hydroxyl groups is 1. The molecule has 4 nitrogen and oxygen atoms in total. The number of hydrogen-bond acceptors (Lipinski definition) is 3. The second-order valence-electron chi connectivity index (χ2n) is 4.38. The summed E-state index contributed by atoms with van der Waals surface area (Å²) in [6, 6.07) is 5.18. The zero-order valence-electron chi connectivity index (χ0n) is 10.8. The van der Waals surface area contributed by atoms with Crippen molar-refractivity contribution >= 4 is 21.8 Å². The average molecular weight is 316 g/mol. The molecule has 1 unspecified atom stereocenters. The summed E-state index contributed by atoms with van der Waals surface area (Å²) >= 11 is 3.32. The lowest BCUT2D eigenvalue weighted by molar-refractivity contribution is 0.0517. The van der Waals surface area contributed by atoms with Gasteiger partial charge in [0.1, 0.15) is 5.75 Å². The van der Waals surface area contributed by atoms with E-state index in [1.165, 1.54) is 7.11 Å². The molecule has 0 heterocycles. The van der Waals surface area contributed by atoms with Crippen LogP contribution in [0, 0.1) is 0 Å². The van der Waals surface area contributed by atoms with Gasteiger partial charge in [-0.3, -0.25) is 4.79 Å². The molecule has 0 spiro atoms. The van der Waals surface area contributed by atoms with E-state index in [1.807, 2.05) is 6.92 Å². The van der Waals surface area contributed by atoms with Crippen molar-refractivity contribution in [1.82, 2.24) is 5.32 Å². The minimum absolute atomic E-state index is 0.210.